The van der Waals surface area contributed by atoms with Crippen molar-refractivity contribution in [3.05, 3.63) is 51.7 Å². The number of hydrogen-bond donors (Lipinski definition) is 2. The Labute approximate surface area is 184 Å². The number of ketones is 1. The van der Waals surface area contributed by atoms with Crippen LogP contribution in [0.2, 0.25) is 0 Å². The second-order valence-electron chi connectivity index (χ2n) is 7.60. The van der Waals surface area contributed by atoms with Gasteiger partial charge in [-0.05, 0) is 49.6 Å². The summed E-state index contributed by atoms with van der Waals surface area (Å²) in [7, 11) is 1.60. The third-order valence-electron chi connectivity index (χ3n) is 5.17. The van der Waals surface area contributed by atoms with Crippen molar-refractivity contribution in [1.29, 1.82) is 0 Å². The molecule has 1 fully saturated rings. The number of benzene rings is 1. The fourth-order valence-electron chi connectivity index (χ4n) is 3.30. The fourth-order valence-corrected chi connectivity index (χ4v) is 4.18. The van der Waals surface area contributed by atoms with Crippen LogP contribution in [0.5, 0.6) is 5.75 Å². The zero-order chi connectivity index (χ0) is 22.6. The minimum atomic E-state index is -1.07. The summed E-state index contributed by atoms with van der Waals surface area (Å²) in [5.41, 5.74) is -0.0487. The summed E-state index contributed by atoms with van der Waals surface area (Å²) >= 11 is 1.24. The molecule has 2 heterocycles. The monoisotopic (exact) mass is 443 g/mol. The molecule has 2 N–H and O–H groups in total. The minimum absolute atomic E-state index is 0.158. The molecular formula is C22H25N3O5S. The summed E-state index contributed by atoms with van der Waals surface area (Å²) in [5, 5.41) is 5.40. The van der Waals surface area contributed by atoms with Crippen LogP contribution in [0.4, 0.5) is 4.79 Å². The molecule has 2 aromatic rings. The highest BCUT2D eigenvalue weighted by Crippen LogP contribution is 2.25. The second kappa shape index (κ2) is 9.30. The van der Waals surface area contributed by atoms with Crippen LogP contribution < -0.4 is 15.4 Å². The number of nitrogens with one attached hydrogen (secondary N) is 2. The van der Waals surface area contributed by atoms with E-state index in [-0.39, 0.29) is 18.2 Å². The van der Waals surface area contributed by atoms with Gasteiger partial charge in [0.15, 0.2) is 5.78 Å². The van der Waals surface area contributed by atoms with E-state index in [9.17, 15) is 19.2 Å². The van der Waals surface area contributed by atoms with Crippen LogP contribution in [0, 0.1) is 0 Å². The van der Waals surface area contributed by atoms with Gasteiger partial charge in [-0.15, -0.1) is 11.3 Å². The maximum absolute atomic E-state index is 12.9. The van der Waals surface area contributed by atoms with Crippen molar-refractivity contribution < 1.29 is 23.9 Å². The van der Waals surface area contributed by atoms with Crippen LogP contribution in [0.25, 0.3) is 0 Å². The molecule has 1 aliphatic rings. The van der Waals surface area contributed by atoms with Crippen molar-refractivity contribution in [1.82, 2.24) is 15.5 Å². The van der Waals surface area contributed by atoms with E-state index < -0.39 is 17.5 Å². The molecule has 1 atom stereocenters. The first-order chi connectivity index (χ1) is 14.7. The Morgan fingerprint density at radius 3 is 2.52 bits per heavy atom. The lowest BCUT2D eigenvalue weighted by Gasteiger charge is -2.21. The molecule has 8 nitrogen and oxygen atoms in total. The van der Waals surface area contributed by atoms with Gasteiger partial charge in [0.2, 0.25) is 5.91 Å². The van der Waals surface area contributed by atoms with Crippen molar-refractivity contribution in [2.24, 2.45) is 0 Å². The summed E-state index contributed by atoms with van der Waals surface area (Å²) < 4.78 is 5.14. The number of Topliss-reactive ketones (excluding diaryl/α,β-unsaturated/α-hetero) is 1. The predicted molar refractivity (Wildman–Crippen MR) is 116 cm³/mol. The van der Waals surface area contributed by atoms with Gasteiger partial charge in [0, 0.05) is 11.8 Å². The summed E-state index contributed by atoms with van der Waals surface area (Å²) in [6, 6.07) is 10.4. The number of aryl methyl sites for hydroxylation is 1. The third-order valence-corrected chi connectivity index (χ3v) is 6.29. The molecule has 1 saturated heterocycles. The normalized spacial score (nSPS) is 18.1. The summed E-state index contributed by atoms with van der Waals surface area (Å²) in [4.78, 5) is 51.3. The number of methoxy groups -OCH3 is 1. The number of hydrogen-bond acceptors (Lipinski definition) is 6. The Kier molecular flexibility index (Phi) is 6.74. The first-order valence-corrected chi connectivity index (χ1v) is 10.7. The van der Waals surface area contributed by atoms with Crippen LogP contribution >= 0.6 is 11.3 Å². The molecule has 0 radical (unpaired) electrons. The molecular weight excluding hydrogens is 418 g/mol. The maximum Gasteiger partial charge on any atom is 0.325 e. The first-order valence-electron chi connectivity index (χ1n) is 9.85. The highest BCUT2D eigenvalue weighted by molar-refractivity contribution is 7.14. The van der Waals surface area contributed by atoms with Crippen molar-refractivity contribution in [2.45, 2.75) is 38.8 Å². The van der Waals surface area contributed by atoms with Crippen molar-refractivity contribution in [3.8, 4) is 5.75 Å². The standard InChI is InChI=1S/C22H25N3O5S/c1-14(26)23-12-17-8-9-19(31-17)18(27)13-25-20(28)22(2,24-21(25)29)11-10-15-4-6-16(30-3)7-5-15/h4-9H,10-13H2,1-3H3,(H,23,26)(H,24,29). The average molecular weight is 444 g/mol. The average Bonchev–Trinajstić information content (AvgIpc) is 3.30. The van der Waals surface area contributed by atoms with Crippen LogP contribution in [-0.2, 0) is 22.6 Å². The minimum Gasteiger partial charge on any atom is -0.497 e. The van der Waals surface area contributed by atoms with Crippen LogP contribution in [0.3, 0.4) is 0 Å². The van der Waals surface area contributed by atoms with E-state index in [0.29, 0.717) is 24.3 Å². The highest BCUT2D eigenvalue weighted by atomic mass is 32.1. The van der Waals surface area contributed by atoms with Gasteiger partial charge in [-0.3, -0.25) is 19.3 Å². The number of rotatable bonds is 9. The number of carbonyl (C=O) groups is 4. The Hall–Kier alpha value is -3.20. The van der Waals surface area contributed by atoms with Gasteiger partial charge in [-0.1, -0.05) is 12.1 Å². The molecule has 1 aliphatic heterocycles. The molecule has 31 heavy (non-hydrogen) atoms. The van der Waals surface area contributed by atoms with E-state index in [4.69, 9.17) is 4.74 Å². The van der Waals surface area contributed by atoms with Gasteiger partial charge in [0.1, 0.15) is 11.3 Å². The Morgan fingerprint density at radius 2 is 1.87 bits per heavy atom. The molecule has 1 unspecified atom stereocenters. The largest absolute Gasteiger partial charge is 0.497 e. The van der Waals surface area contributed by atoms with Crippen LogP contribution in [0.15, 0.2) is 36.4 Å². The lowest BCUT2D eigenvalue weighted by Crippen LogP contribution is -2.44. The SMILES string of the molecule is COc1ccc(CCC2(C)NC(=O)N(CC(=O)c3ccc(CNC(C)=O)s3)C2=O)cc1. The van der Waals surface area contributed by atoms with Crippen molar-refractivity contribution in [2.75, 3.05) is 13.7 Å². The maximum atomic E-state index is 12.9. The van der Waals surface area contributed by atoms with E-state index in [0.717, 1.165) is 21.1 Å². The first kappa shape index (κ1) is 22.5. The number of thiophene rings is 1. The molecule has 9 heteroatoms. The molecule has 4 amide bonds. The van der Waals surface area contributed by atoms with E-state index in [1.807, 2.05) is 24.3 Å². The van der Waals surface area contributed by atoms with E-state index in [1.54, 1.807) is 26.2 Å². The fraction of sp³-hybridized carbons (Fsp3) is 0.364. The van der Waals surface area contributed by atoms with Gasteiger partial charge in [-0.25, -0.2) is 4.79 Å². The van der Waals surface area contributed by atoms with Gasteiger partial charge in [0.25, 0.3) is 5.91 Å². The molecule has 164 valence electrons. The molecule has 3 rings (SSSR count). The predicted octanol–water partition coefficient (Wildman–Crippen LogP) is 2.52. The molecule has 0 saturated carbocycles. The number of ether oxygens (including phenoxy) is 1. The molecule has 0 spiro atoms. The topological polar surface area (TPSA) is 105 Å². The van der Waals surface area contributed by atoms with E-state index in [2.05, 4.69) is 10.6 Å². The molecule has 0 bridgehead atoms. The Bertz CT molecular complexity index is 1000. The second-order valence-corrected chi connectivity index (χ2v) is 8.77. The Balaban J connectivity index is 1.61. The smallest absolute Gasteiger partial charge is 0.325 e. The Morgan fingerprint density at radius 1 is 1.16 bits per heavy atom. The highest BCUT2D eigenvalue weighted by Gasteiger charge is 2.47. The molecule has 0 aliphatic carbocycles. The lowest BCUT2D eigenvalue weighted by molar-refractivity contribution is -0.130. The van der Waals surface area contributed by atoms with Crippen molar-refractivity contribution in [3.63, 3.8) is 0 Å². The van der Waals surface area contributed by atoms with Crippen LogP contribution in [-0.4, -0.2) is 47.7 Å². The van der Waals surface area contributed by atoms with E-state index in [1.165, 1.54) is 18.3 Å². The van der Waals surface area contributed by atoms with E-state index >= 15 is 0 Å². The zero-order valence-electron chi connectivity index (χ0n) is 17.7. The quantitative estimate of drug-likeness (QED) is 0.458. The summed E-state index contributed by atoms with van der Waals surface area (Å²) in [5.74, 6) is -0.135. The van der Waals surface area contributed by atoms with Gasteiger partial charge in [-0.2, -0.15) is 0 Å². The van der Waals surface area contributed by atoms with Crippen molar-refractivity contribution >= 4 is 35.0 Å². The summed E-state index contributed by atoms with van der Waals surface area (Å²) in [6.45, 7) is 3.11. The molecule has 1 aromatic carbocycles. The number of imide groups is 1. The number of nitrogens with zero attached hydrogens (tertiary/aromatic N) is 1. The number of urea groups is 1. The molecule has 1 aromatic heterocycles. The zero-order valence-corrected chi connectivity index (χ0v) is 18.5. The van der Waals surface area contributed by atoms with Gasteiger partial charge in [0.05, 0.1) is 25.1 Å². The van der Waals surface area contributed by atoms with Crippen LogP contribution in [0.1, 0.15) is 40.4 Å². The summed E-state index contributed by atoms with van der Waals surface area (Å²) in [6.07, 6.45) is 1.00. The van der Waals surface area contributed by atoms with Gasteiger partial charge >= 0.3 is 6.03 Å². The lowest BCUT2D eigenvalue weighted by atomic mass is 9.93. The number of amides is 4. The third kappa shape index (κ3) is 5.29. The van der Waals surface area contributed by atoms with Gasteiger partial charge < -0.3 is 15.4 Å². The number of carbonyl (C=O) groups excluding carboxylic acids is 4.